The minimum atomic E-state index is -5.09. The number of H-pyrrole nitrogens is 1. The number of nitrogens with one attached hydrogen (secondary N) is 1. The lowest BCUT2D eigenvalue weighted by molar-refractivity contribution is 0.311. The van der Waals surface area contributed by atoms with Gasteiger partial charge in [-0.3, -0.25) is 14.2 Å². The molecule has 1 aromatic heterocycles. The van der Waals surface area contributed by atoms with Crippen molar-refractivity contribution < 1.29 is 28.7 Å². The molecule has 5 N–H and O–H groups in total. The predicted octanol–water partition coefficient (Wildman–Crippen LogP) is -0.667. The van der Waals surface area contributed by atoms with Crippen LogP contribution < -0.4 is 0 Å². The summed E-state index contributed by atoms with van der Waals surface area (Å²) in [6.07, 6.45) is 0.902. The third-order valence-electron chi connectivity index (χ3n) is 2.00. The number of nitrogens with zero attached hydrogens (tertiary/aromatic N) is 2. The van der Waals surface area contributed by atoms with Gasteiger partial charge in [-0.1, -0.05) is 0 Å². The van der Waals surface area contributed by atoms with Crippen LogP contribution in [-0.4, -0.2) is 34.8 Å². The second-order valence-electron chi connectivity index (χ2n) is 2.94. The minimum absolute atomic E-state index is 0.552. The summed E-state index contributed by atoms with van der Waals surface area (Å²) in [6.45, 7) is 0.731. The summed E-state index contributed by atoms with van der Waals surface area (Å²) in [5, 5.41) is 5.34. The first-order chi connectivity index (χ1) is 6.61. The molecular formula is C4H9N3O6P2. The maximum atomic E-state index is 11.1. The van der Waals surface area contributed by atoms with Crippen LogP contribution in [0.5, 0.6) is 0 Å². The molecule has 15 heavy (non-hydrogen) atoms. The van der Waals surface area contributed by atoms with E-state index in [0.29, 0.717) is 0 Å². The molecule has 9 nitrogen and oxygen atoms in total. The standard InChI is InChI=1S/C4H9N3O6P2/c1-4(14(8,9)10,15(11,12)13)3-5-2-6-7-3/h2H,1H3,(H,5,6,7)(H2,8,9,10)(H2,11,12,13). The van der Waals surface area contributed by atoms with Gasteiger partial charge in [0, 0.05) is 0 Å². The van der Waals surface area contributed by atoms with Crippen molar-refractivity contribution in [1.82, 2.24) is 15.2 Å². The molecule has 0 aromatic carbocycles. The Labute approximate surface area is 83.9 Å². The second kappa shape index (κ2) is 3.48. The Morgan fingerprint density at radius 3 is 2.00 bits per heavy atom. The quantitative estimate of drug-likeness (QED) is 0.446. The van der Waals surface area contributed by atoms with E-state index in [2.05, 4.69) is 10.1 Å². The van der Waals surface area contributed by atoms with Crippen molar-refractivity contribution in [2.24, 2.45) is 0 Å². The van der Waals surface area contributed by atoms with Gasteiger partial charge in [-0.25, -0.2) is 4.98 Å². The van der Waals surface area contributed by atoms with Gasteiger partial charge in [0.05, 0.1) is 0 Å². The molecule has 1 heterocycles. The fraction of sp³-hybridized carbons (Fsp3) is 0.500. The largest absolute Gasteiger partial charge is 0.351 e. The Morgan fingerprint density at radius 2 is 1.73 bits per heavy atom. The molecule has 0 saturated carbocycles. The zero-order chi connectivity index (χ0) is 11.9. The molecule has 11 heteroatoms. The van der Waals surface area contributed by atoms with Crippen LogP contribution in [0.2, 0.25) is 0 Å². The van der Waals surface area contributed by atoms with Crippen molar-refractivity contribution in [3.05, 3.63) is 12.2 Å². The molecular weight excluding hydrogens is 248 g/mol. The number of hydrogen-bond donors (Lipinski definition) is 5. The van der Waals surface area contributed by atoms with Crippen molar-refractivity contribution in [3.63, 3.8) is 0 Å². The van der Waals surface area contributed by atoms with Gasteiger partial charge in [0.15, 0.2) is 5.82 Å². The highest BCUT2D eigenvalue weighted by Gasteiger charge is 2.60. The second-order valence-corrected chi connectivity index (χ2v) is 7.26. The Bertz CT molecular complexity index is 409. The Hall–Kier alpha value is -0.560. The van der Waals surface area contributed by atoms with Crippen LogP contribution >= 0.6 is 15.2 Å². The van der Waals surface area contributed by atoms with E-state index < -0.39 is 25.9 Å². The molecule has 0 radical (unpaired) electrons. The zero-order valence-electron chi connectivity index (χ0n) is 7.47. The summed E-state index contributed by atoms with van der Waals surface area (Å²) in [6, 6.07) is 0. The van der Waals surface area contributed by atoms with Gasteiger partial charge >= 0.3 is 15.2 Å². The summed E-state index contributed by atoms with van der Waals surface area (Å²) in [4.78, 5) is 36.6. The van der Waals surface area contributed by atoms with Crippen molar-refractivity contribution in [2.75, 3.05) is 0 Å². The lowest BCUT2D eigenvalue weighted by Gasteiger charge is -2.28. The first-order valence-corrected chi connectivity index (χ1v) is 6.80. The SMILES string of the molecule is CC(c1ncn[nH]1)(P(=O)(O)O)P(=O)(O)O. The first-order valence-electron chi connectivity index (χ1n) is 3.58. The molecule has 0 bridgehead atoms. The smallest absolute Gasteiger partial charge is 0.323 e. The van der Waals surface area contributed by atoms with Crippen LogP contribution in [0.15, 0.2) is 6.33 Å². The number of aromatic nitrogens is 3. The zero-order valence-corrected chi connectivity index (χ0v) is 9.26. The van der Waals surface area contributed by atoms with Gasteiger partial charge in [0.25, 0.3) is 0 Å². The van der Waals surface area contributed by atoms with Crippen LogP contribution in [-0.2, 0) is 14.0 Å². The van der Waals surface area contributed by atoms with Gasteiger partial charge in [-0.05, 0) is 6.92 Å². The van der Waals surface area contributed by atoms with E-state index in [0.717, 1.165) is 13.3 Å². The molecule has 0 amide bonds. The maximum Gasteiger partial charge on any atom is 0.351 e. The van der Waals surface area contributed by atoms with Crippen molar-refractivity contribution in [1.29, 1.82) is 0 Å². The van der Waals surface area contributed by atoms with E-state index in [1.807, 2.05) is 5.10 Å². The van der Waals surface area contributed by atoms with E-state index in [4.69, 9.17) is 19.6 Å². The molecule has 0 unspecified atom stereocenters. The van der Waals surface area contributed by atoms with E-state index in [-0.39, 0.29) is 0 Å². The molecule has 0 atom stereocenters. The first kappa shape index (κ1) is 12.5. The number of hydrogen-bond acceptors (Lipinski definition) is 4. The van der Waals surface area contributed by atoms with Gasteiger partial charge in [-0.2, -0.15) is 5.10 Å². The van der Waals surface area contributed by atoms with E-state index in [9.17, 15) is 9.13 Å². The van der Waals surface area contributed by atoms with Crippen LogP contribution in [0, 0.1) is 0 Å². The monoisotopic (exact) mass is 257 g/mol. The van der Waals surface area contributed by atoms with Crippen molar-refractivity contribution in [3.8, 4) is 0 Å². The third kappa shape index (κ3) is 1.90. The molecule has 1 aromatic rings. The normalized spacial score (nSPS) is 14.2. The Kier molecular flexibility index (Phi) is 2.90. The fourth-order valence-corrected chi connectivity index (χ4v) is 3.00. The third-order valence-corrected chi connectivity index (χ3v) is 6.25. The molecule has 0 spiro atoms. The van der Waals surface area contributed by atoms with Gasteiger partial charge < -0.3 is 19.6 Å². The highest BCUT2D eigenvalue weighted by molar-refractivity contribution is 7.71. The molecule has 0 fully saturated rings. The van der Waals surface area contributed by atoms with Crippen LogP contribution in [0.4, 0.5) is 0 Å². The molecule has 0 saturated heterocycles. The molecule has 0 aliphatic heterocycles. The molecule has 1 rings (SSSR count). The number of rotatable bonds is 3. The Balaban J connectivity index is 3.47. The molecule has 0 aliphatic carbocycles. The van der Waals surface area contributed by atoms with Crippen LogP contribution in [0.3, 0.4) is 0 Å². The molecule has 86 valence electrons. The Morgan fingerprint density at radius 1 is 1.27 bits per heavy atom. The topological polar surface area (TPSA) is 157 Å². The highest BCUT2D eigenvalue weighted by Crippen LogP contribution is 2.73. The van der Waals surface area contributed by atoms with E-state index in [1.54, 1.807) is 0 Å². The van der Waals surface area contributed by atoms with E-state index >= 15 is 0 Å². The summed E-state index contributed by atoms with van der Waals surface area (Å²) >= 11 is 0. The lowest BCUT2D eigenvalue weighted by Crippen LogP contribution is -2.24. The van der Waals surface area contributed by atoms with Gasteiger partial charge in [0.1, 0.15) is 6.33 Å². The van der Waals surface area contributed by atoms with Gasteiger partial charge in [-0.15, -0.1) is 0 Å². The van der Waals surface area contributed by atoms with Crippen LogP contribution in [0.1, 0.15) is 12.7 Å². The average molecular weight is 257 g/mol. The summed E-state index contributed by atoms with van der Waals surface area (Å²) < 4.78 is 22.2. The van der Waals surface area contributed by atoms with Crippen molar-refractivity contribution in [2.45, 2.75) is 11.8 Å². The minimum Gasteiger partial charge on any atom is -0.323 e. The fourth-order valence-electron chi connectivity index (χ4n) is 0.879. The van der Waals surface area contributed by atoms with Crippen LogP contribution in [0.25, 0.3) is 0 Å². The lowest BCUT2D eigenvalue weighted by atomic mass is 10.4. The average Bonchev–Trinajstić information content (AvgIpc) is 2.49. The summed E-state index contributed by atoms with van der Waals surface area (Å²) in [5.74, 6) is -0.552. The van der Waals surface area contributed by atoms with Crippen molar-refractivity contribution >= 4 is 15.2 Å². The maximum absolute atomic E-state index is 11.1. The summed E-state index contributed by atoms with van der Waals surface area (Å²) in [7, 11) is -10.2. The predicted molar refractivity (Wildman–Crippen MR) is 47.8 cm³/mol. The highest BCUT2D eigenvalue weighted by atomic mass is 31.2. The van der Waals surface area contributed by atoms with Gasteiger partial charge in [0.2, 0.25) is 4.90 Å². The number of aromatic amines is 1. The van der Waals surface area contributed by atoms with E-state index in [1.165, 1.54) is 0 Å². The molecule has 0 aliphatic rings. The summed E-state index contributed by atoms with van der Waals surface area (Å²) in [5.41, 5.74) is 0.